The molecule has 0 saturated carbocycles. The normalized spacial score (nSPS) is 12.5. The molecule has 33 heavy (non-hydrogen) atoms. The Bertz CT molecular complexity index is 419. The number of hydrogen-bond acceptors (Lipinski definition) is 2. The molecule has 3 nitrogen and oxygen atoms in total. The fraction of sp³-hybridized carbons (Fsp3) is 0.900. The van der Waals surface area contributed by atoms with Gasteiger partial charge < -0.3 is 10.2 Å². The van der Waals surface area contributed by atoms with E-state index in [-0.39, 0.29) is 0 Å². The minimum atomic E-state index is -0.992. The first-order valence-electron chi connectivity index (χ1n) is 14.8. The van der Waals surface area contributed by atoms with Crippen LogP contribution in [0.5, 0.6) is 0 Å². The lowest BCUT2D eigenvalue weighted by atomic mass is 10.0. The molecular weight excluding hydrogens is 408 g/mol. The second-order valence-electron chi connectivity index (χ2n) is 10.2. The van der Waals surface area contributed by atoms with Crippen LogP contribution in [-0.2, 0) is 4.79 Å². The lowest BCUT2D eigenvalue weighted by Gasteiger charge is -2.05. The van der Waals surface area contributed by atoms with Crippen molar-refractivity contribution in [3.8, 4) is 0 Å². The minimum Gasteiger partial charge on any atom is -0.478 e. The Kier molecular flexibility index (Phi) is 26.7. The third-order valence-corrected chi connectivity index (χ3v) is 6.81. The summed E-state index contributed by atoms with van der Waals surface area (Å²) in [6.07, 6.45) is 35.7. The average molecular weight is 467 g/mol. The number of aliphatic carboxylic acids is 1. The molecule has 196 valence electrons. The minimum absolute atomic E-state index is 0.610. The summed E-state index contributed by atoms with van der Waals surface area (Å²) in [7, 11) is 0. The van der Waals surface area contributed by atoms with Crippen LogP contribution in [0, 0.1) is 0 Å². The van der Waals surface area contributed by atoms with Gasteiger partial charge in [-0.25, -0.2) is 4.79 Å². The first kappa shape index (κ1) is 32.2. The highest BCUT2D eigenvalue weighted by Gasteiger charge is 2.00. The van der Waals surface area contributed by atoms with Crippen LogP contribution in [0.4, 0.5) is 0 Å². The van der Waals surface area contributed by atoms with Gasteiger partial charge in [0.25, 0.3) is 0 Å². The molecule has 3 heteroatoms. The van der Waals surface area contributed by atoms with Gasteiger partial charge >= 0.3 is 5.97 Å². The predicted molar refractivity (Wildman–Crippen MR) is 144 cm³/mol. The fourth-order valence-corrected chi connectivity index (χ4v) is 4.61. The van der Waals surface area contributed by atoms with E-state index in [0.29, 0.717) is 6.42 Å². The fourth-order valence-electron chi connectivity index (χ4n) is 4.61. The van der Waals surface area contributed by atoms with Crippen molar-refractivity contribution in [2.24, 2.45) is 0 Å². The topological polar surface area (TPSA) is 57.5 Å². The first-order chi connectivity index (χ1) is 16.2. The largest absolute Gasteiger partial charge is 0.478 e. The second-order valence-corrected chi connectivity index (χ2v) is 10.2. The molecule has 0 heterocycles. The zero-order valence-electron chi connectivity index (χ0n) is 22.2. The summed E-state index contributed by atoms with van der Waals surface area (Å²) in [4.78, 5) is 10.4. The van der Waals surface area contributed by atoms with Crippen molar-refractivity contribution in [1.82, 2.24) is 0 Å². The van der Waals surface area contributed by atoms with E-state index >= 15 is 0 Å². The number of carboxylic acids is 1. The van der Waals surface area contributed by atoms with Gasteiger partial charge in [-0.2, -0.15) is 0 Å². The van der Waals surface area contributed by atoms with Gasteiger partial charge in [-0.15, -0.1) is 0 Å². The molecular formula is C30H58O3. The summed E-state index contributed by atoms with van der Waals surface area (Å²) in [6.45, 7) is 2.29. The molecule has 2 N–H and O–H groups in total. The highest BCUT2D eigenvalue weighted by molar-refractivity contribution is 5.79. The van der Waals surface area contributed by atoms with Crippen LogP contribution in [0.2, 0.25) is 0 Å². The number of hydrogen-bond donors (Lipinski definition) is 2. The Hall–Kier alpha value is -0.830. The average Bonchev–Trinajstić information content (AvgIpc) is 2.80. The second kappa shape index (κ2) is 27.4. The van der Waals surface area contributed by atoms with Gasteiger partial charge in [-0.05, 0) is 12.5 Å². The van der Waals surface area contributed by atoms with Crippen molar-refractivity contribution in [2.45, 2.75) is 174 Å². The predicted octanol–water partition coefficient (Wildman–Crippen LogP) is 9.76. The molecule has 0 aliphatic heterocycles. The highest BCUT2D eigenvalue weighted by atomic mass is 16.4. The Morgan fingerprint density at radius 1 is 0.545 bits per heavy atom. The summed E-state index contributed by atoms with van der Waals surface area (Å²) in [5, 5.41) is 18.2. The zero-order chi connectivity index (χ0) is 24.2. The Morgan fingerprint density at radius 3 is 1.09 bits per heavy atom. The van der Waals surface area contributed by atoms with Crippen LogP contribution < -0.4 is 0 Å². The van der Waals surface area contributed by atoms with E-state index in [0.717, 1.165) is 18.9 Å². The van der Waals surface area contributed by atoms with Crippen LogP contribution in [-0.4, -0.2) is 22.3 Å². The number of aliphatic hydroxyl groups excluding tert-OH is 1. The summed E-state index contributed by atoms with van der Waals surface area (Å²) >= 11 is 0. The number of carbonyl (C=O) groups is 1. The van der Waals surface area contributed by atoms with E-state index in [2.05, 4.69) is 6.92 Å². The molecule has 0 rings (SSSR count). The Labute approximate surface area is 206 Å². The molecule has 0 aromatic carbocycles. The summed E-state index contributed by atoms with van der Waals surface area (Å²) in [5.41, 5.74) is 0. The number of unbranched alkanes of at least 4 members (excludes halogenated alkanes) is 23. The molecule has 0 aromatic rings. The summed E-state index contributed by atoms with van der Waals surface area (Å²) in [5.74, 6) is -0.992. The zero-order valence-corrected chi connectivity index (χ0v) is 22.2. The maximum Gasteiger partial charge on any atom is 0.328 e. The lowest BCUT2D eigenvalue weighted by molar-refractivity contribution is -0.131. The maximum absolute atomic E-state index is 10.4. The van der Waals surface area contributed by atoms with E-state index in [1.807, 2.05) is 0 Å². The smallest absolute Gasteiger partial charge is 0.328 e. The van der Waals surface area contributed by atoms with Crippen molar-refractivity contribution in [3.05, 3.63) is 12.2 Å². The van der Waals surface area contributed by atoms with Crippen LogP contribution in [0.3, 0.4) is 0 Å². The maximum atomic E-state index is 10.4. The van der Waals surface area contributed by atoms with Gasteiger partial charge in [-0.1, -0.05) is 161 Å². The van der Waals surface area contributed by atoms with E-state index in [4.69, 9.17) is 5.11 Å². The van der Waals surface area contributed by atoms with Crippen molar-refractivity contribution in [3.63, 3.8) is 0 Å². The van der Waals surface area contributed by atoms with E-state index in [1.54, 1.807) is 0 Å². The third kappa shape index (κ3) is 29.1. The number of rotatable bonds is 27. The molecule has 0 radical (unpaired) electrons. The van der Waals surface area contributed by atoms with Gasteiger partial charge in [0.2, 0.25) is 0 Å². The molecule has 0 spiro atoms. The highest BCUT2D eigenvalue weighted by Crippen LogP contribution is 2.16. The standard InChI is InChI=1S/C30H58O3/c1-2-3-4-5-6-7-8-9-10-11-12-13-14-15-16-17-18-19-20-21-22-23-24-25-26-29(31)27-28-30(32)33/h27-29,31H,2-26H2,1H3,(H,32,33). The molecule has 0 fully saturated rings. The first-order valence-corrected chi connectivity index (χ1v) is 14.8. The lowest BCUT2D eigenvalue weighted by Crippen LogP contribution is -2.03. The molecule has 0 aliphatic rings. The molecule has 0 bridgehead atoms. The van der Waals surface area contributed by atoms with Crippen molar-refractivity contribution in [2.75, 3.05) is 0 Å². The molecule has 1 atom stereocenters. The van der Waals surface area contributed by atoms with Gasteiger partial charge in [0, 0.05) is 6.08 Å². The SMILES string of the molecule is CCCCCCCCCCCCCCCCCCCCCCCCCCC(O)C=CC(=O)O. The van der Waals surface area contributed by atoms with E-state index < -0.39 is 12.1 Å². The monoisotopic (exact) mass is 466 g/mol. The van der Waals surface area contributed by atoms with Gasteiger partial charge in [-0.3, -0.25) is 0 Å². The van der Waals surface area contributed by atoms with Gasteiger partial charge in [0.15, 0.2) is 0 Å². The molecule has 0 saturated heterocycles. The summed E-state index contributed by atoms with van der Waals surface area (Å²) < 4.78 is 0. The van der Waals surface area contributed by atoms with Gasteiger partial charge in [0.05, 0.1) is 6.10 Å². The van der Waals surface area contributed by atoms with E-state index in [9.17, 15) is 9.90 Å². The number of aliphatic hydroxyl groups is 1. The van der Waals surface area contributed by atoms with Crippen LogP contribution in [0.25, 0.3) is 0 Å². The van der Waals surface area contributed by atoms with Crippen molar-refractivity contribution in [1.29, 1.82) is 0 Å². The Morgan fingerprint density at radius 2 is 0.818 bits per heavy atom. The molecule has 0 aromatic heterocycles. The number of carboxylic acid groups (broad SMARTS) is 1. The molecule has 0 amide bonds. The van der Waals surface area contributed by atoms with Crippen molar-refractivity contribution < 1.29 is 15.0 Å². The Balaban J connectivity index is 3.10. The van der Waals surface area contributed by atoms with Crippen molar-refractivity contribution >= 4 is 5.97 Å². The summed E-state index contributed by atoms with van der Waals surface area (Å²) in [6, 6.07) is 0. The van der Waals surface area contributed by atoms with Gasteiger partial charge in [0.1, 0.15) is 0 Å². The quantitative estimate of drug-likeness (QED) is 0.0935. The third-order valence-electron chi connectivity index (χ3n) is 6.81. The van der Waals surface area contributed by atoms with E-state index in [1.165, 1.54) is 147 Å². The molecule has 0 aliphatic carbocycles. The molecule has 1 unspecified atom stereocenters. The van der Waals surface area contributed by atoms with Crippen LogP contribution in [0.1, 0.15) is 167 Å². The van der Waals surface area contributed by atoms with Crippen LogP contribution in [0.15, 0.2) is 12.2 Å². The van der Waals surface area contributed by atoms with Crippen LogP contribution >= 0.6 is 0 Å².